The summed E-state index contributed by atoms with van der Waals surface area (Å²) >= 11 is 0. The van der Waals surface area contributed by atoms with Crippen LogP contribution < -0.4 is 10.6 Å². The molecule has 0 aliphatic rings. The van der Waals surface area contributed by atoms with E-state index in [0.717, 1.165) is 18.7 Å². The van der Waals surface area contributed by atoms with Crippen molar-refractivity contribution in [3.05, 3.63) is 53.7 Å². The first kappa shape index (κ1) is 18.7. The molecule has 2 aromatic rings. The van der Waals surface area contributed by atoms with Gasteiger partial charge in [-0.2, -0.15) is 13.2 Å². The molecule has 0 aliphatic heterocycles. The molecule has 1 aromatic heterocycles. The molecule has 134 valence electrons. The molecule has 1 aromatic carbocycles. The lowest BCUT2D eigenvalue weighted by molar-refractivity contribution is -0.137. The molecule has 2 N–H and O–H groups in total. The maximum absolute atomic E-state index is 12.7. The standard InChI is InChI=1S/C17H19F3N4O/c1-24(2)9-8-22-15-10-12(6-7-21-15)16(25)23-14-5-3-4-13(11-14)17(18,19)20/h3-7,10-11H,8-9H2,1-2H3,(H,21,22)(H,23,25). The van der Waals surface area contributed by atoms with Gasteiger partial charge in [0, 0.05) is 30.5 Å². The summed E-state index contributed by atoms with van der Waals surface area (Å²) in [6, 6.07) is 7.56. The Balaban J connectivity index is 2.06. The average molecular weight is 352 g/mol. The zero-order valence-corrected chi connectivity index (χ0v) is 13.9. The second kappa shape index (κ2) is 7.98. The van der Waals surface area contributed by atoms with Gasteiger partial charge < -0.3 is 15.5 Å². The molecule has 1 heterocycles. The highest BCUT2D eigenvalue weighted by Gasteiger charge is 2.30. The second-order valence-corrected chi connectivity index (χ2v) is 5.69. The molecule has 0 bridgehead atoms. The normalized spacial score (nSPS) is 11.4. The minimum absolute atomic E-state index is 0.0822. The van der Waals surface area contributed by atoms with E-state index in [1.165, 1.54) is 24.4 Å². The SMILES string of the molecule is CN(C)CCNc1cc(C(=O)Nc2cccc(C(F)(F)F)c2)ccn1. The zero-order chi connectivity index (χ0) is 18.4. The number of rotatable bonds is 6. The monoisotopic (exact) mass is 352 g/mol. The summed E-state index contributed by atoms with van der Waals surface area (Å²) in [5.41, 5.74) is -0.426. The molecule has 1 amide bonds. The van der Waals surface area contributed by atoms with E-state index in [-0.39, 0.29) is 5.69 Å². The summed E-state index contributed by atoms with van der Waals surface area (Å²) in [4.78, 5) is 18.4. The molecule has 25 heavy (non-hydrogen) atoms. The van der Waals surface area contributed by atoms with Crippen molar-refractivity contribution >= 4 is 17.4 Å². The Hall–Kier alpha value is -2.61. The van der Waals surface area contributed by atoms with Crippen molar-refractivity contribution in [3.8, 4) is 0 Å². The quantitative estimate of drug-likeness (QED) is 0.837. The number of alkyl halides is 3. The molecule has 0 saturated carbocycles. The number of hydrogen-bond donors (Lipinski definition) is 2. The van der Waals surface area contributed by atoms with Gasteiger partial charge in [0.25, 0.3) is 5.91 Å². The van der Waals surface area contributed by atoms with Gasteiger partial charge in [0.05, 0.1) is 5.56 Å². The minimum atomic E-state index is -4.46. The number of nitrogens with one attached hydrogen (secondary N) is 2. The number of carbonyl (C=O) groups excluding carboxylic acids is 1. The van der Waals surface area contributed by atoms with Crippen LogP contribution in [0.25, 0.3) is 0 Å². The molecular weight excluding hydrogens is 333 g/mol. The lowest BCUT2D eigenvalue weighted by Crippen LogP contribution is -2.21. The number of anilines is 2. The maximum Gasteiger partial charge on any atom is 0.416 e. The molecule has 0 fully saturated rings. The molecule has 0 radical (unpaired) electrons. The first-order valence-corrected chi connectivity index (χ1v) is 7.59. The van der Waals surface area contributed by atoms with Crippen molar-refractivity contribution in [1.29, 1.82) is 0 Å². The van der Waals surface area contributed by atoms with Crippen molar-refractivity contribution in [2.45, 2.75) is 6.18 Å². The summed E-state index contributed by atoms with van der Waals surface area (Å²) in [7, 11) is 3.88. The van der Waals surface area contributed by atoms with Crippen molar-refractivity contribution in [2.75, 3.05) is 37.8 Å². The molecule has 0 saturated heterocycles. The van der Waals surface area contributed by atoms with E-state index in [0.29, 0.717) is 17.9 Å². The predicted molar refractivity (Wildman–Crippen MR) is 90.7 cm³/mol. The number of carbonyl (C=O) groups is 1. The van der Waals surface area contributed by atoms with E-state index in [9.17, 15) is 18.0 Å². The number of hydrogen-bond acceptors (Lipinski definition) is 4. The molecular formula is C17H19F3N4O. The van der Waals surface area contributed by atoms with Crippen LogP contribution in [0, 0.1) is 0 Å². The Morgan fingerprint density at radius 1 is 1.20 bits per heavy atom. The Morgan fingerprint density at radius 2 is 1.96 bits per heavy atom. The zero-order valence-electron chi connectivity index (χ0n) is 13.9. The van der Waals surface area contributed by atoms with Gasteiger partial charge in [-0.3, -0.25) is 4.79 Å². The highest BCUT2D eigenvalue weighted by Crippen LogP contribution is 2.30. The van der Waals surface area contributed by atoms with Crippen molar-refractivity contribution in [2.24, 2.45) is 0 Å². The van der Waals surface area contributed by atoms with Crippen LogP contribution in [-0.2, 0) is 6.18 Å². The topological polar surface area (TPSA) is 57.3 Å². The van der Waals surface area contributed by atoms with E-state index in [4.69, 9.17) is 0 Å². The van der Waals surface area contributed by atoms with E-state index < -0.39 is 17.6 Å². The van der Waals surface area contributed by atoms with Gasteiger partial charge >= 0.3 is 6.18 Å². The molecule has 2 rings (SSSR count). The average Bonchev–Trinajstić information content (AvgIpc) is 2.54. The highest BCUT2D eigenvalue weighted by molar-refractivity contribution is 6.04. The molecule has 0 spiro atoms. The number of aromatic nitrogens is 1. The fourth-order valence-electron chi connectivity index (χ4n) is 2.05. The van der Waals surface area contributed by atoms with Gasteiger partial charge in [-0.05, 0) is 44.4 Å². The smallest absolute Gasteiger partial charge is 0.369 e. The molecule has 5 nitrogen and oxygen atoms in total. The number of amides is 1. The Labute approximate surface area is 143 Å². The molecule has 0 unspecified atom stereocenters. The third-order valence-corrected chi connectivity index (χ3v) is 3.34. The summed E-state index contributed by atoms with van der Waals surface area (Å²) in [5, 5.41) is 5.55. The van der Waals surface area contributed by atoms with Gasteiger partial charge in [-0.15, -0.1) is 0 Å². The van der Waals surface area contributed by atoms with Crippen LogP contribution in [-0.4, -0.2) is 43.0 Å². The Bertz CT molecular complexity index is 732. The summed E-state index contributed by atoms with van der Waals surface area (Å²) < 4.78 is 38.2. The van der Waals surface area contributed by atoms with Gasteiger partial charge in [-0.25, -0.2) is 4.98 Å². The maximum atomic E-state index is 12.7. The highest BCUT2D eigenvalue weighted by atomic mass is 19.4. The van der Waals surface area contributed by atoms with E-state index in [1.54, 1.807) is 6.07 Å². The van der Waals surface area contributed by atoms with Gasteiger partial charge in [-0.1, -0.05) is 6.07 Å². The Morgan fingerprint density at radius 3 is 2.64 bits per heavy atom. The van der Waals surface area contributed by atoms with Crippen LogP contribution in [0.4, 0.5) is 24.7 Å². The van der Waals surface area contributed by atoms with E-state index >= 15 is 0 Å². The van der Waals surface area contributed by atoms with Gasteiger partial charge in [0.1, 0.15) is 5.82 Å². The van der Waals surface area contributed by atoms with E-state index in [1.807, 2.05) is 19.0 Å². The summed E-state index contributed by atoms with van der Waals surface area (Å²) in [6.07, 6.45) is -2.99. The van der Waals surface area contributed by atoms with Crippen molar-refractivity contribution < 1.29 is 18.0 Å². The fourth-order valence-corrected chi connectivity index (χ4v) is 2.05. The predicted octanol–water partition coefficient (Wildman–Crippen LogP) is 3.33. The molecule has 8 heteroatoms. The number of benzene rings is 1. The Kier molecular flexibility index (Phi) is 5.97. The number of pyridine rings is 1. The first-order valence-electron chi connectivity index (χ1n) is 7.59. The number of likely N-dealkylation sites (N-methyl/N-ethyl adjacent to an activating group) is 1. The number of halogens is 3. The summed E-state index contributed by atoms with van der Waals surface area (Å²) in [5.74, 6) is 0.0240. The summed E-state index contributed by atoms with van der Waals surface area (Å²) in [6.45, 7) is 1.45. The van der Waals surface area contributed by atoms with Crippen molar-refractivity contribution in [1.82, 2.24) is 9.88 Å². The molecule has 0 aliphatic carbocycles. The second-order valence-electron chi connectivity index (χ2n) is 5.69. The minimum Gasteiger partial charge on any atom is -0.369 e. The number of nitrogens with zero attached hydrogens (tertiary/aromatic N) is 2. The van der Waals surface area contributed by atoms with Crippen LogP contribution in [0.2, 0.25) is 0 Å². The fraction of sp³-hybridized carbons (Fsp3) is 0.294. The van der Waals surface area contributed by atoms with Crippen LogP contribution >= 0.6 is 0 Å². The van der Waals surface area contributed by atoms with Crippen LogP contribution in [0.5, 0.6) is 0 Å². The molecule has 0 atom stereocenters. The lowest BCUT2D eigenvalue weighted by atomic mass is 10.2. The van der Waals surface area contributed by atoms with Gasteiger partial charge in [0.2, 0.25) is 0 Å². The van der Waals surface area contributed by atoms with Gasteiger partial charge in [0.15, 0.2) is 0 Å². The van der Waals surface area contributed by atoms with E-state index in [2.05, 4.69) is 15.6 Å². The van der Waals surface area contributed by atoms with Crippen LogP contribution in [0.1, 0.15) is 15.9 Å². The third-order valence-electron chi connectivity index (χ3n) is 3.34. The lowest BCUT2D eigenvalue weighted by Gasteiger charge is -2.12. The van der Waals surface area contributed by atoms with Crippen LogP contribution in [0.15, 0.2) is 42.6 Å². The van der Waals surface area contributed by atoms with Crippen molar-refractivity contribution in [3.63, 3.8) is 0 Å². The third kappa shape index (κ3) is 5.75. The first-order chi connectivity index (χ1) is 11.8. The van der Waals surface area contributed by atoms with Crippen LogP contribution in [0.3, 0.4) is 0 Å². The largest absolute Gasteiger partial charge is 0.416 e.